The third-order valence-electron chi connectivity index (χ3n) is 4.76. The normalized spacial score (nSPS) is 15.3. The molecule has 0 spiro atoms. The van der Waals surface area contributed by atoms with Crippen LogP contribution in [0.5, 0.6) is 0 Å². The van der Waals surface area contributed by atoms with Gasteiger partial charge in [0.15, 0.2) is 0 Å². The summed E-state index contributed by atoms with van der Waals surface area (Å²) in [6, 6.07) is 10.2. The molecule has 1 aliphatic heterocycles. The predicted molar refractivity (Wildman–Crippen MR) is 99.5 cm³/mol. The van der Waals surface area contributed by atoms with Crippen LogP contribution in [0.2, 0.25) is 0 Å². The molecule has 0 N–H and O–H groups in total. The van der Waals surface area contributed by atoms with E-state index in [-0.39, 0.29) is 17.2 Å². The summed E-state index contributed by atoms with van der Waals surface area (Å²) in [5, 5.41) is 0. The number of nitrogens with zero attached hydrogens (tertiary/aromatic N) is 1. The molecule has 1 saturated heterocycles. The molecule has 1 amide bonds. The first-order valence-electron chi connectivity index (χ1n) is 9.13. The van der Waals surface area contributed by atoms with Crippen molar-refractivity contribution in [1.29, 1.82) is 0 Å². The van der Waals surface area contributed by atoms with Gasteiger partial charge in [0.2, 0.25) is 6.10 Å². The number of esters is 1. The minimum atomic E-state index is -1.03. The topological polar surface area (TPSA) is 76.8 Å². The van der Waals surface area contributed by atoms with Crippen molar-refractivity contribution in [2.24, 2.45) is 0 Å². The van der Waals surface area contributed by atoms with Crippen LogP contribution >= 0.6 is 0 Å². The van der Waals surface area contributed by atoms with Crippen molar-refractivity contribution in [1.82, 2.24) is 4.90 Å². The lowest BCUT2D eigenvalue weighted by Gasteiger charge is -2.30. The van der Waals surface area contributed by atoms with Gasteiger partial charge in [-0.15, -0.1) is 0 Å². The maximum atomic E-state index is 13.1. The van der Waals surface area contributed by atoms with Crippen LogP contribution in [0.15, 0.2) is 45.6 Å². The highest BCUT2D eigenvalue weighted by Crippen LogP contribution is 2.25. The zero-order valence-electron chi connectivity index (χ0n) is 15.6. The van der Waals surface area contributed by atoms with Crippen molar-refractivity contribution in [3.8, 4) is 0 Å². The Bertz CT molecular complexity index is 855. The largest absolute Gasteiger partial charge is 0.444 e. The Labute approximate surface area is 157 Å². The summed E-state index contributed by atoms with van der Waals surface area (Å²) in [6.45, 7) is 4.51. The molecule has 0 bridgehead atoms. The molecule has 0 saturated carbocycles. The Morgan fingerprint density at radius 3 is 2.37 bits per heavy atom. The standard InChI is InChI=1S/C21H23NO5/c1-14-13-17(23)26-15(2)18(14)21(25)27-19(16-9-5-3-6-10-16)20(24)22-11-7-4-8-12-22/h3,5-6,9-10,13,19H,4,7-8,11-12H2,1-2H3/t19-/m0/s1. The molecule has 1 aromatic carbocycles. The van der Waals surface area contributed by atoms with Crippen LogP contribution in [0.3, 0.4) is 0 Å². The van der Waals surface area contributed by atoms with Crippen molar-refractivity contribution >= 4 is 11.9 Å². The molecule has 1 atom stereocenters. The first-order valence-corrected chi connectivity index (χ1v) is 9.13. The fraction of sp³-hybridized carbons (Fsp3) is 0.381. The second-order valence-electron chi connectivity index (χ2n) is 6.76. The zero-order valence-corrected chi connectivity index (χ0v) is 15.6. The molecule has 2 heterocycles. The minimum absolute atomic E-state index is 0.182. The average Bonchev–Trinajstić information content (AvgIpc) is 2.66. The van der Waals surface area contributed by atoms with Gasteiger partial charge >= 0.3 is 11.6 Å². The van der Waals surface area contributed by atoms with Gasteiger partial charge in [-0.1, -0.05) is 30.3 Å². The Kier molecular flexibility index (Phi) is 5.74. The summed E-state index contributed by atoms with van der Waals surface area (Å²) in [5.41, 5.74) is 0.743. The van der Waals surface area contributed by atoms with Crippen LogP contribution in [0.1, 0.15) is 52.6 Å². The van der Waals surface area contributed by atoms with Crippen molar-refractivity contribution in [3.05, 3.63) is 69.3 Å². The number of aryl methyl sites for hydroxylation is 2. The van der Waals surface area contributed by atoms with E-state index < -0.39 is 17.7 Å². The molecule has 1 aliphatic rings. The predicted octanol–water partition coefficient (Wildman–Crippen LogP) is 3.17. The minimum Gasteiger partial charge on any atom is -0.444 e. The van der Waals surface area contributed by atoms with Crippen molar-refractivity contribution in [2.45, 2.75) is 39.2 Å². The maximum absolute atomic E-state index is 13.1. The molecular formula is C21H23NO5. The third kappa shape index (κ3) is 4.27. The van der Waals surface area contributed by atoms with Crippen LogP contribution < -0.4 is 5.63 Å². The van der Waals surface area contributed by atoms with Gasteiger partial charge in [-0.3, -0.25) is 4.79 Å². The molecule has 6 heteroatoms. The third-order valence-corrected chi connectivity index (χ3v) is 4.76. The van der Waals surface area contributed by atoms with Gasteiger partial charge in [0.05, 0.1) is 0 Å². The van der Waals surface area contributed by atoms with Crippen molar-refractivity contribution < 1.29 is 18.7 Å². The highest BCUT2D eigenvalue weighted by atomic mass is 16.5. The molecule has 3 rings (SSSR count). The molecule has 0 radical (unpaired) electrons. The number of rotatable bonds is 4. The van der Waals surface area contributed by atoms with E-state index in [2.05, 4.69) is 0 Å². The summed E-state index contributed by atoms with van der Waals surface area (Å²) >= 11 is 0. The van der Waals surface area contributed by atoms with E-state index in [1.807, 2.05) is 6.07 Å². The second-order valence-corrected chi connectivity index (χ2v) is 6.76. The molecular weight excluding hydrogens is 346 g/mol. The van der Waals surface area contributed by atoms with E-state index in [4.69, 9.17) is 9.15 Å². The number of benzene rings is 1. The van der Waals surface area contributed by atoms with Gasteiger partial charge in [-0.05, 0) is 38.7 Å². The van der Waals surface area contributed by atoms with Gasteiger partial charge < -0.3 is 14.1 Å². The Balaban J connectivity index is 1.91. The van der Waals surface area contributed by atoms with E-state index in [0.717, 1.165) is 19.3 Å². The zero-order chi connectivity index (χ0) is 19.4. The quantitative estimate of drug-likeness (QED) is 0.774. The first-order chi connectivity index (χ1) is 13.0. The molecule has 2 aromatic rings. The average molecular weight is 369 g/mol. The monoisotopic (exact) mass is 369 g/mol. The number of hydrogen-bond acceptors (Lipinski definition) is 5. The lowest BCUT2D eigenvalue weighted by Crippen LogP contribution is -2.40. The fourth-order valence-corrected chi connectivity index (χ4v) is 3.40. The number of amides is 1. The number of carbonyl (C=O) groups is 2. The molecule has 0 unspecified atom stereocenters. The summed E-state index contributed by atoms with van der Waals surface area (Å²) in [6.07, 6.45) is 1.97. The molecule has 0 aliphatic carbocycles. The second kappa shape index (κ2) is 8.20. The van der Waals surface area contributed by atoms with Crippen LogP contribution in [0.4, 0.5) is 0 Å². The molecule has 6 nitrogen and oxygen atoms in total. The number of hydrogen-bond donors (Lipinski definition) is 0. The van der Waals surface area contributed by atoms with Crippen LogP contribution in [-0.4, -0.2) is 29.9 Å². The molecule has 27 heavy (non-hydrogen) atoms. The van der Waals surface area contributed by atoms with E-state index in [1.54, 1.807) is 36.1 Å². The van der Waals surface area contributed by atoms with Crippen molar-refractivity contribution in [2.75, 3.05) is 13.1 Å². The summed E-state index contributed by atoms with van der Waals surface area (Å²) in [4.78, 5) is 39.1. The number of piperidine rings is 1. The Morgan fingerprint density at radius 1 is 1.07 bits per heavy atom. The van der Waals surface area contributed by atoms with Crippen LogP contribution in [0, 0.1) is 13.8 Å². The van der Waals surface area contributed by atoms with E-state index >= 15 is 0 Å². The smallest absolute Gasteiger partial charge is 0.342 e. The van der Waals surface area contributed by atoms with Crippen molar-refractivity contribution in [3.63, 3.8) is 0 Å². The van der Waals surface area contributed by atoms with Gasteiger partial charge in [-0.25, -0.2) is 9.59 Å². The molecule has 1 fully saturated rings. The SMILES string of the molecule is Cc1cc(=O)oc(C)c1C(=O)O[C@H](C(=O)N1CCCCC1)c1ccccc1. The lowest BCUT2D eigenvalue weighted by molar-refractivity contribution is -0.142. The lowest BCUT2D eigenvalue weighted by atomic mass is 10.0. The highest BCUT2D eigenvalue weighted by Gasteiger charge is 2.31. The summed E-state index contributed by atoms with van der Waals surface area (Å²) in [5.74, 6) is -0.711. The Morgan fingerprint density at radius 2 is 1.74 bits per heavy atom. The number of likely N-dealkylation sites (tertiary alicyclic amines) is 1. The van der Waals surface area contributed by atoms with Crippen LogP contribution in [-0.2, 0) is 9.53 Å². The Hall–Kier alpha value is -2.89. The number of carbonyl (C=O) groups excluding carboxylic acids is 2. The van der Waals surface area contributed by atoms with E-state index in [1.165, 1.54) is 13.0 Å². The summed E-state index contributed by atoms with van der Waals surface area (Å²) < 4.78 is 10.7. The summed E-state index contributed by atoms with van der Waals surface area (Å²) in [7, 11) is 0. The van der Waals surface area contributed by atoms with E-state index in [0.29, 0.717) is 24.2 Å². The number of ether oxygens (including phenoxy) is 1. The van der Waals surface area contributed by atoms with Gasteiger partial charge in [0.25, 0.3) is 5.91 Å². The van der Waals surface area contributed by atoms with Gasteiger partial charge in [0, 0.05) is 24.7 Å². The molecule has 142 valence electrons. The van der Waals surface area contributed by atoms with Gasteiger partial charge in [0.1, 0.15) is 11.3 Å². The van der Waals surface area contributed by atoms with Gasteiger partial charge in [-0.2, -0.15) is 0 Å². The van der Waals surface area contributed by atoms with E-state index in [9.17, 15) is 14.4 Å². The molecule has 1 aromatic heterocycles. The van der Waals surface area contributed by atoms with Crippen LogP contribution in [0.25, 0.3) is 0 Å². The first kappa shape index (κ1) is 18.9. The fourth-order valence-electron chi connectivity index (χ4n) is 3.40. The maximum Gasteiger partial charge on any atom is 0.342 e. The highest BCUT2D eigenvalue weighted by molar-refractivity contribution is 5.94.